The van der Waals surface area contributed by atoms with Crippen LogP contribution in [0.4, 0.5) is 5.95 Å². The number of nitrogens with one attached hydrogen (secondary N) is 1. The number of nitrogens with zero attached hydrogens (tertiary/aromatic N) is 2. The van der Waals surface area contributed by atoms with E-state index >= 15 is 0 Å². The standard InChI is InChI=1S/C12H10BrN3O2/c13-9-4-8(5-10-11(9)18-7-17-10)6-16-12-14-2-1-3-15-12/h1-5H,6-7H2,(H,14,15,16). The van der Waals surface area contributed by atoms with Crippen molar-refractivity contribution >= 4 is 21.9 Å². The predicted octanol–water partition coefficient (Wildman–Crippen LogP) is 2.58. The highest BCUT2D eigenvalue weighted by Gasteiger charge is 2.17. The number of halogens is 1. The third kappa shape index (κ3) is 2.24. The molecular formula is C12H10BrN3O2. The van der Waals surface area contributed by atoms with Gasteiger partial charge in [0.2, 0.25) is 12.7 Å². The van der Waals surface area contributed by atoms with Crippen molar-refractivity contribution < 1.29 is 9.47 Å². The summed E-state index contributed by atoms with van der Waals surface area (Å²) in [6.45, 7) is 0.895. The van der Waals surface area contributed by atoms with Gasteiger partial charge in [-0.2, -0.15) is 0 Å². The first kappa shape index (κ1) is 11.3. The van der Waals surface area contributed by atoms with Gasteiger partial charge in [-0.1, -0.05) is 0 Å². The average Bonchev–Trinajstić information content (AvgIpc) is 2.86. The van der Waals surface area contributed by atoms with Crippen LogP contribution in [0, 0.1) is 0 Å². The maximum Gasteiger partial charge on any atom is 0.231 e. The SMILES string of the molecule is Brc1cc(CNc2ncccn2)cc2c1OCO2. The number of ether oxygens (including phenoxy) is 2. The molecule has 0 fully saturated rings. The van der Waals surface area contributed by atoms with Crippen LogP contribution in [0.1, 0.15) is 5.56 Å². The van der Waals surface area contributed by atoms with Crippen LogP contribution in [0.25, 0.3) is 0 Å². The zero-order valence-corrected chi connectivity index (χ0v) is 11.0. The Morgan fingerprint density at radius 2 is 2.06 bits per heavy atom. The van der Waals surface area contributed by atoms with Crippen LogP contribution >= 0.6 is 15.9 Å². The molecule has 1 aromatic heterocycles. The van der Waals surface area contributed by atoms with Crippen LogP contribution < -0.4 is 14.8 Å². The Labute approximate surface area is 112 Å². The summed E-state index contributed by atoms with van der Waals surface area (Å²) in [5, 5.41) is 3.14. The van der Waals surface area contributed by atoms with E-state index in [4.69, 9.17) is 9.47 Å². The van der Waals surface area contributed by atoms with Crippen molar-refractivity contribution in [3.05, 3.63) is 40.6 Å². The molecule has 2 heterocycles. The Bertz CT molecular complexity index is 563. The lowest BCUT2D eigenvalue weighted by molar-refractivity contribution is 0.173. The zero-order valence-electron chi connectivity index (χ0n) is 9.39. The van der Waals surface area contributed by atoms with Crippen molar-refractivity contribution in [2.45, 2.75) is 6.54 Å². The third-order valence-corrected chi connectivity index (χ3v) is 3.09. The van der Waals surface area contributed by atoms with Crippen LogP contribution in [0.15, 0.2) is 35.1 Å². The van der Waals surface area contributed by atoms with E-state index in [0.29, 0.717) is 12.5 Å². The fourth-order valence-corrected chi connectivity index (χ4v) is 2.30. The molecule has 18 heavy (non-hydrogen) atoms. The van der Waals surface area contributed by atoms with Crippen LogP contribution in [-0.4, -0.2) is 16.8 Å². The molecule has 1 N–H and O–H groups in total. The first-order chi connectivity index (χ1) is 8.83. The number of hydrogen-bond acceptors (Lipinski definition) is 5. The number of aromatic nitrogens is 2. The fourth-order valence-electron chi connectivity index (χ4n) is 1.69. The van der Waals surface area contributed by atoms with Crippen molar-refractivity contribution in [1.82, 2.24) is 9.97 Å². The van der Waals surface area contributed by atoms with Gasteiger partial charge in [0.1, 0.15) is 0 Å². The first-order valence-electron chi connectivity index (χ1n) is 5.42. The van der Waals surface area contributed by atoms with Gasteiger partial charge in [0.05, 0.1) is 4.47 Å². The fraction of sp³-hybridized carbons (Fsp3) is 0.167. The molecule has 0 saturated carbocycles. The lowest BCUT2D eigenvalue weighted by atomic mass is 10.2. The van der Waals surface area contributed by atoms with Crippen molar-refractivity contribution in [1.29, 1.82) is 0 Å². The van der Waals surface area contributed by atoms with E-state index in [1.165, 1.54) is 0 Å². The molecule has 0 bridgehead atoms. The number of fused-ring (bicyclic) bond motifs is 1. The van der Waals surface area contributed by atoms with Crippen LogP contribution in [0.5, 0.6) is 11.5 Å². The summed E-state index contributed by atoms with van der Waals surface area (Å²) in [4.78, 5) is 8.20. The van der Waals surface area contributed by atoms with Gasteiger partial charge in [0, 0.05) is 18.9 Å². The van der Waals surface area contributed by atoms with E-state index in [1.807, 2.05) is 12.1 Å². The molecule has 0 radical (unpaired) electrons. The number of hydrogen-bond donors (Lipinski definition) is 1. The van der Waals surface area contributed by atoms with E-state index in [9.17, 15) is 0 Å². The highest BCUT2D eigenvalue weighted by atomic mass is 79.9. The average molecular weight is 308 g/mol. The van der Waals surface area contributed by atoms with E-state index in [2.05, 4.69) is 31.2 Å². The maximum atomic E-state index is 5.36. The van der Waals surface area contributed by atoms with Crippen LogP contribution in [-0.2, 0) is 6.54 Å². The van der Waals surface area contributed by atoms with Gasteiger partial charge >= 0.3 is 0 Å². The zero-order chi connectivity index (χ0) is 12.4. The second-order valence-corrected chi connectivity index (χ2v) is 4.59. The second kappa shape index (κ2) is 4.81. The van der Waals surface area contributed by atoms with Gasteiger partial charge in [-0.3, -0.25) is 0 Å². The Balaban J connectivity index is 1.76. The van der Waals surface area contributed by atoms with Gasteiger partial charge in [-0.25, -0.2) is 9.97 Å². The molecule has 6 heteroatoms. The largest absolute Gasteiger partial charge is 0.454 e. The van der Waals surface area contributed by atoms with Crippen molar-refractivity contribution in [3.8, 4) is 11.5 Å². The number of benzene rings is 1. The smallest absolute Gasteiger partial charge is 0.231 e. The van der Waals surface area contributed by atoms with E-state index in [1.54, 1.807) is 18.5 Å². The summed E-state index contributed by atoms with van der Waals surface area (Å²) in [5.41, 5.74) is 1.07. The van der Waals surface area contributed by atoms with Gasteiger partial charge in [0.25, 0.3) is 0 Å². The minimum atomic E-state index is 0.270. The Morgan fingerprint density at radius 3 is 2.89 bits per heavy atom. The van der Waals surface area contributed by atoms with Gasteiger partial charge in [-0.05, 0) is 39.7 Å². The van der Waals surface area contributed by atoms with Gasteiger partial charge in [-0.15, -0.1) is 0 Å². The predicted molar refractivity (Wildman–Crippen MR) is 69.6 cm³/mol. The Hall–Kier alpha value is -1.82. The van der Waals surface area contributed by atoms with Gasteiger partial charge in [0.15, 0.2) is 11.5 Å². The molecule has 0 amide bonds. The van der Waals surface area contributed by atoms with Crippen molar-refractivity contribution in [2.24, 2.45) is 0 Å². The first-order valence-corrected chi connectivity index (χ1v) is 6.21. The summed E-state index contributed by atoms with van der Waals surface area (Å²) in [5.74, 6) is 2.12. The maximum absolute atomic E-state index is 5.36. The van der Waals surface area contributed by atoms with Crippen LogP contribution in [0.2, 0.25) is 0 Å². The molecule has 0 saturated heterocycles. The molecule has 5 nitrogen and oxygen atoms in total. The summed E-state index contributed by atoms with van der Waals surface area (Å²) >= 11 is 3.46. The molecule has 1 aliphatic rings. The number of rotatable bonds is 3. The molecule has 1 aliphatic heterocycles. The summed E-state index contributed by atoms with van der Waals surface area (Å²) in [7, 11) is 0. The monoisotopic (exact) mass is 307 g/mol. The van der Waals surface area contributed by atoms with E-state index in [-0.39, 0.29) is 6.79 Å². The lowest BCUT2D eigenvalue weighted by Gasteiger charge is -2.06. The van der Waals surface area contributed by atoms with Crippen molar-refractivity contribution in [2.75, 3.05) is 12.1 Å². The summed E-state index contributed by atoms with van der Waals surface area (Å²) in [6.07, 6.45) is 3.40. The van der Waals surface area contributed by atoms with Gasteiger partial charge < -0.3 is 14.8 Å². The van der Waals surface area contributed by atoms with E-state index in [0.717, 1.165) is 21.5 Å². The highest BCUT2D eigenvalue weighted by molar-refractivity contribution is 9.10. The number of anilines is 1. The molecule has 0 atom stereocenters. The third-order valence-electron chi connectivity index (χ3n) is 2.50. The molecule has 1 aromatic carbocycles. The minimum absolute atomic E-state index is 0.270. The molecular weight excluding hydrogens is 298 g/mol. The molecule has 0 spiro atoms. The molecule has 2 aromatic rings. The Kier molecular flexibility index (Phi) is 3.02. The normalized spacial score (nSPS) is 12.5. The molecule has 3 rings (SSSR count). The summed E-state index contributed by atoms with van der Waals surface area (Å²) < 4.78 is 11.6. The molecule has 0 aliphatic carbocycles. The lowest BCUT2D eigenvalue weighted by Crippen LogP contribution is -2.02. The molecule has 0 unspecified atom stereocenters. The van der Waals surface area contributed by atoms with E-state index < -0.39 is 0 Å². The quantitative estimate of drug-likeness (QED) is 0.944. The Morgan fingerprint density at radius 1 is 1.22 bits per heavy atom. The van der Waals surface area contributed by atoms with Crippen molar-refractivity contribution in [3.63, 3.8) is 0 Å². The topological polar surface area (TPSA) is 56.3 Å². The van der Waals surface area contributed by atoms with Crippen LogP contribution in [0.3, 0.4) is 0 Å². The molecule has 92 valence electrons. The summed E-state index contributed by atoms with van der Waals surface area (Å²) in [6, 6.07) is 5.72. The highest BCUT2D eigenvalue weighted by Crippen LogP contribution is 2.39. The second-order valence-electron chi connectivity index (χ2n) is 3.74. The minimum Gasteiger partial charge on any atom is -0.454 e.